The van der Waals surface area contributed by atoms with Crippen LogP contribution in [0.5, 0.6) is 0 Å². The summed E-state index contributed by atoms with van der Waals surface area (Å²) in [5, 5.41) is 9.12. The fraction of sp³-hybridized carbons (Fsp3) is 0.667. The maximum atomic E-state index is 11.6. The van der Waals surface area contributed by atoms with Crippen LogP contribution in [-0.2, 0) is 9.53 Å². The van der Waals surface area contributed by atoms with Crippen LogP contribution in [0.25, 0.3) is 0 Å². The Morgan fingerprint density at radius 3 is 2.47 bits per heavy atom. The summed E-state index contributed by atoms with van der Waals surface area (Å²) in [5.41, 5.74) is -0.261. The largest absolute Gasteiger partial charge is 0.468 e. The van der Waals surface area contributed by atoms with Crippen molar-refractivity contribution in [3.8, 4) is 6.07 Å². The molecule has 0 aromatic heterocycles. The molecule has 0 aromatic rings. The molecule has 84 valence electrons. The average Bonchev–Trinajstić information content (AvgIpc) is 2.26. The Morgan fingerprint density at radius 2 is 2.13 bits per heavy atom. The van der Waals surface area contributed by atoms with Crippen LogP contribution < -0.4 is 0 Å². The Morgan fingerprint density at radius 1 is 1.53 bits per heavy atom. The van der Waals surface area contributed by atoms with E-state index in [2.05, 4.69) is 10.8 Å². The quantitative estimate of drug-likeness (QED) is 0.516. The van der Waals surface area contributed by atoms with Crippen molar-refractivity contribution >= 4 is 5.97 Å². The van der Waals surface area contributed by atoms with Gasteiger partial charge in [-0.25, -0.2) is 4.79 Å². The Bertz CT molecular complexity index is 288. The third-order valence-corrected chi connectivity index (χ3v) is 2.43. The van der Waals surface area contributed by atoms with Crippen LogP contribution in [0.2, 0.25) is 0 Å². The molecule has 0 aliphatic carbocycles. The van der Waals surface area contributed by atoms with Gasteiger partial charge in [-0.3, -0.25) is 0 Å². The van der Waals surface area contributed by atoms with E-state index in [1.165, 1.54) is 7.11 Å². The fourth-order valence-electron chi connectivity index (χ4n) is 1.52. The van der Waals surface area contributed by atoms with Crippen molar-refractivity contribution in [1.29, 1.82) is 5.26 Å². The molecule has 15 heavy (non-hydrogen) atoms. The molecule has 3 heteroatoms. The molecule has 0 aromatic carbocycles. The Kier molecular flexibility index (Phi) is 5.69. The lowest BCUT2D eigenvalue weighted by atomic mass is 9.80. The van der Waals surface area contributed by atoms with Crippen molar-refractivity contribution in [2.24, 2.45) is 5.41 Å². The van der Waals surface area contributed by atoms with Crippen molar-refractivity contribution in [2.45, 2.75) is 40.0 Å². The molecule has 0 bridgehead atoms. The number of nitrogens with zero attached hydrogens (tertiary/aromatic N) is 1. The van der Waals surface area contributed by atoms with Gasteiger partial charge in [-0.1, -0.05) is 26.3 Å². The van der Waals surface area contributed by atoms with E-state index in [0.29, 0.717) is 0 Å². The molecule has 0 fully saturated rings. The summed E-state index contributed by atoms with van der Waals surface area (Å²) >= 11 is 0. The van der Waals surface area contributed by atoms with Gasteiger partial charge in [-0.15, -0.1) is 0 Å². The van der Waals surface area contributed by atoms with E-state index in [-0.39, 0.29) is 0 Å². The zero-order valence-corrected chi connectivity index (χ0v) is 9.96. The van der Waals surface area contributed by atoms with Crippen LogP contribution in [-0.4, -0.2) is 13.1 Å². The van der Waals surface area contributed by atoms with E-state index in [4.69, 9.17) is 5.26 Å². The molecule has 0 N–H and O–H groups in total. The van der Waals surface area contributed by atoms with Crippen molar-refractivity contribution < 1.29 is 9.53 Å². The predicted octanol–water partition coefficient (Wildman–Crippen LogP) is 2.83. The second kappa shape index (κ2) is 6.23. The molecule has 3 nitrogen and oxygen atoms in total. The van der Waals surface area contributed by atoms with Crippen molar-refractivity contribution in [2.75, 3.05) is 7.11 Å². The van der Waals surface area contributed by atoms with Crippen molar-refractivity contribution in [3.05, 3.63) is 11.6 Å². The Hall–Kier alpha value is -1.30. The summed E-state index contributed by atoms with van der Waals surface area (Å²) in [5.74, 6) is -0.474. The maximum absolute atomic E-state index is 11.6. The summed E-state index contributed by atoms with van der Waals surface area (Å²) < 4.78 is 4.68. The molecular formula is C12H19NO2. The normalized spacial score (nSPS) is 15.3. The molecule has 0 aliphatic rings. The Labute approximate surface area is 91.7 Å². The third-order valence-electron chi connectivity index (χ3n) is 2.43. The smallest absolute Gasteiger partial charge is 0.330 e. The predicted molar refractivity (Wildman–Crippen MR) is 59.0 cm³/mol. The monoisotopic (exact) mass is 209 g/mol. The van der Waals surface area contributed by atoms with Gasteiger partial charge in [0.05, 0.1) is 13.2 Å². The van der Waals surface area contributed by atoms with Gasteiger partial charge < -0.3 is 4.74 Å². The van der Waals surface area contributed by atoms with Crippen molar-refractivity contribution in [3.63, 3.8) is 0 Å². The molecule has 0 amide bonds. The van der Waals surface area contributed by atoms with Gasteiger partial charge in [0.1, 0.15) is 0 Å². The second-order valence-electron chi connectivity index (χ2n) is 3.62. The lowest BCUT2D eigenvalue weighted by Gasteiger charge is -2.22. The molecule has 0 saturated heterocycles. The van der Waals surface area contributed by atoms with Gasteiger partial charge in [0, 0.05) is 0 Å². The number of carbonyl (C=O) groups excluding carboxylic acids is 1. The molecule has 0 heterocycles. The van der Waals surface area contributed by atoms with Gasteiger partial charge in [-0.05, 0) is 25.3 Å². The van der Waals surface area contributed by atoms with Gasteiger partial charge in [-0.2, -0.15) is 5.26 Å². The first kappa shape index (κ1) is 13.7. The first-order chi connectivity index (χ1) is 7.06. The van der Waals surface area contributed by atoms with Gasteiger partial charge in [0.25, 0.3) is 0 Å². The number of hydrogen-bond acceptors (Lipinski definition) is 3. The van der Waals surface area contributed by atoms with E-state index >= 15 is 0 Å². The number of methoxy groups -OCH3 is 1. The molecule has 0 spiro atoms. The van der Waals surface area contributed by atoms with Crippen LogP contribution in [0.15, 0.2) is 11.6 Å². The number of hydrogen-bond donors (Lipinski definition) is 0. The summed E-state index contributed by atoms with van der Waals surface area (Å²) in [4.78, 5) is 11.6. The van der Waals surface area contributed by atoms with Crippen LogP contribution in [0, 0.1) is 16.7 Å². The molecule has 0 unspecified atom stereocenters. The second-order valence-corrected chi connectivity index (χ2v) is 3.62. The molecule has 1 atom stereocenters. The highest BCUT2D eigenvalue weighted by molar-refractivity contribution is 5.83. The third kappa shape index (κ3) is 3.09. The zero-order chi connectivity index (χ0) is 11.9. The van der Waals surface area contributed by atoms with Gasteiger partial charge in [0.2, 0.25) is 0 Å². The minimum absolute atomic E-state index is 0.474. The van der Waals surface area contributed by atoms with E-state index in [0.717, 1.165) is 24.8 Å². The number of allylic oxidation sites excluding steroid dienone is 1. The van der Waals surface area contributed by atoms with Crippen LogP contribution in [0.1, 0.15) is 40.0 Å². The average molecular weight is 209 g/mol. The van der Waals surface area contributed by atoms with Crippen LogP contribution in [0.4, 0.5) is 0 Å². The van der Waals surface area contributed by atoms with E-state index in [1.54, 1.807) is 6.92 Å². The minimum atomic E-state index is -1.12. The highest BCUT2D eigenvalue weighted by atomic mass is 16.5. The van der Waals surface area contributed by atoms with E-state index in [9.17, 15) is 4.79 Å². The van der Waals surface area contributed by atoms with Gasteiger partial charge >= 0.3 is 5.97 Å². The summed E-state index contributed by atoms with van der Waals surface area (Å²) in [6.45, 7) is 5.64. The van der Waals surface area contributed by atoms with Crippen LogP contribution in [0.3, 0.4) is 0 Å². The molecule has 0 saturated carbocycles. The van der Waals surface area contributed by atoms with Crippen LogP contribution >= 0.6 is 0 Å². The number of esters is 1. The summed E-state index contributed by atoms with van der Waals surface area (Å²) in [7, 11) is 1.31. The van der Waals surface area contributed by atoms with E-state index < -0.39 is 11.4 Å². The molecule has 0 rings (SSSR count). The first-order valence-electron chi connectivity index (χ1n) is 5.25. The number of nitriles is 1. The number of carbonyl (C=O) groups is 1. The summed E-state index contributed by atoms with van der Waals surface area (Å²) in [6, 6.07) is 2.06. The standard InChI is InChI=1S/C12H19NO2/c1-5-7-10(8-6-2)12(3,9-13)11(14)15-4/h7H,5-6,8H2,1-4H3/b10-7+/t12-/m1/s1. The van der Waals surface area contributed by atoms with Crippen molar-refractivity contribution in [1.82, 2.24) is 0 Å². The summed E-state index contributed by atoms with van der Waals surface area (Å²) in [6.07, 6.45) is 4.44. The Balaban J connectivity index is 5.14. The lowest BCUT2D eigenvalue weighted by molar-refractivity contribution is -0.146. The molecule has 0 aliphatic heterocycles. The highest BCUT2D eigenvalue weighted by Crippen LogP contribution is 2.31. The molecule has 0 radical (unpaired) electrons. The minimum Gasteiger partial charge on any atom is -0.468 e. The fourth-order valence-corrected chi connectivity index (χ4v) is 1.52. The SMILES string of the molecule is CC/C=C(\CCC)[C@@](C)(C#N)C(=O)OC. The highest BCUT2D eigenvalue weighted by Gasteiger charge is 2.37. The van der Waals surface area contributed by atoms with E-state index in [1.807, 2.05) is 19.9 Å². The number of rotatable bonds is 5. The maximum Gasteiger partial charge on any atom is 0.330 e. The molecular weight excluding hydrogens is 190 g/mol. The zero-order valence-electron chi connectivity index (χ0n) is 9.96. The lowest BCUT2D eigenvalue weighted by Crippen LogP contribution is -2.29. The number of ether oxygens (including phenoxy) is 1. The van der Waals surface area contributed by atoms with Gasteiger partial charge in [0.15, 0.2) is 5.41 Å². The first-order valence-corrected chi connectivity index (χ1v) is 5.25. The topological polar surface area (TPSA) is 50.1 Å².